The van der Waals surface area contributed by atoms with Gasteiger partial charge in [-0.05, 0) is 31.5 Å². The van der Waals surface area contributed by atoms with E-state index in [4.69, 9.17) is 4.74 Å². The van der Waals surface area contributed by atoms with E-state index in [0.717, 1.165) is 22.7 Å². The minimum absolute atomic E-state index is 0.645. The largest absolute Gasteiger partial charge is 0.494 e. The van der Waals surface area contributed by atoms with Gasteiger partial charge in [0, 0.05) is 11.1 Å². The van der Waals surface area contributed by atoms with Crippen LogP contribution in [-0.2, 0) is 0 Å². The fourth-order valence-corrected chi connectivity index (χ4v) is 2.24. The molecule has 0 aliphatic rings. The maximum Gasteiger partial charge on any atom is 0.181 e. The number of rotatable bonds is 4. The number of benzene rings is 2. The van der Waals surface area contributed by atoms with Crippen LogP contribution >= 0.6 is 0 Å². The topological polar surface area (TPSA) is 50.8 Å². The van der Waals surface area contributed by atoms with E-state index >= 15 is 0 Å². The molecule has 106 valence electrons. The number of aromatic amines is 1. The fraction of sp³-hybridized carbons (Fsp3) is 0.176. The van der Waals surface area contributed by atoms with Crippen molar-refractivity contribution in [2.24, 2.45) is 0 Å². The molecule has 4 heteroatoms. The van der Waals surface area contributed by atoms with Crippen LogP contribution in [0.25, 0.3) is 22.8 Å². The minimum Gasteiger partial charge on any atom is -0.494 e. The highest BCUT2D eigenvalue weighted by molar-refractivity contribution is 5.64. The standard InChI is InChI=1S/C17H17N3O/c1-3-21-14-9-6-8-13(11-14)16-18-17(20-19-16)15-10-5-4-7-12(15)2/h4-11H,3H2,1-2H3,(H,18,19,20). The molecular weight excluding hydrogens is 262 g/mol. The van der Waals surface area contributed by atoms with Crippen LogP contribution in [0.3, 0.4) is 0 Å². The summed E-state index contributed by atoms with van der Waals surface area (Å²) in [5, 5.41) is 7.32. The first-order chi connectivity index (χ1) is 10.3. The summed E-state index contributed by atoms with van der Waals surface area (Å²) in [4.78, 5) is 4.59. The summed E-state index contributed by atoms with van der Waals surface area (Å²) in [6.07, 6.45) is 0. The third kappa shape index (κ3) is 2.79. The van der Waals surface area contributed by atoms with E-state index in [9.17, 15) is 0 Å². The molecule has 0 radical (unpaired) electrons. The van der Waals surface area contributed by atoms with Gasteiger partial charge >= 0.3 is 0 Å². The average Bonchev–Trinajstić information content (AvgIpc) is 2.98. The number of nitrogens with zero attached hydrogens (tertiary/aromatic N) is 2. The van der Waals surface area contributed by atoms with E-state index in [-0.39, 0.29) is 0 Å². The van der Waals surface area contributed by atoms with Gasteiger partial charge in [-0.15, -0.1) is 0 Å². The lowest BCUT2D eigenvalue weighted by molar-refractivity contribution is 0.340. The molecule has 3 aromatic rings. The maximum absolute atomic E-state index is 5.51. The number of ether oxygens (including phenoxy) is 1. The van der Waals surface area contributed by atoms with Crippen molar-refractivity contribution in [3.63, 3.8) is 0 Å². The van der Waals surface area contributed by atoms with E-state index in [2.05, 4.69) is 28.2 Å². The van der Waals surface area contributed by atoms with Crippen molar-refractivity contribution in [2.45, 2.75) is 13.8 Å². The zero-order chi connectivity index (χ0) is 14.7. The molecule has 0 bridgehead atoms. The molecule has 4 nitrogen and oxygen atoms in total. The number of hydrogen-bond donors (Lipinski definition) is 1. The SMILES string of the molecule is CCOc1cccc(-c2n[nH]c(-c3ccccc3C)n2)c1. The van der Waals surface area contributed by atoms with Gasteiger partial charge in [-0.3, -0.25) is 5.10 Å². The van der Waals surface area contributed by atoms with Crippen molar-refractivity contribution < 1.29 is 4.74 Å². The summed E-state index contributed by atoms with van der Waals surface area (Å²) in [5.41, 5.74) is 3.18. The Balaban J connectivity index is 1.95. The second-order valence-electron chi connectivity index (χ2n) is 4.78. The van der Waals surface area contributed by atoms with Crippen LogP contribution in [0.15, 0.2) is 48.5 Å². The number of aryl methyl sites for hydroxylation is 1. The molecule has 0 aliphatic heterocycles. The Kier molecular flexibility index (Phi) is 3.69. The molecule has 0 saturated heterocycles. The molecule has 1 heterocycles. The Hall–Kier alpha value is -2.62. The maximum atomic E-state index is 5.51. The Labute approximate surface area is 123 Å². The Morgan fingerprint density at radius 1 is 1.10 bits per heavy atom. The zero-order valence-corrected chi connectivity index (χ0v) is 12.1. The molecule has 0 saturated carbocycles. The van der Waals surface area contributed by atoms with Crippen LogP contribution in [0, 0.1) is 6.92 Å². The number of hydrogen-bond acceptors (Lipinski definition) is 3. The molecule has 21 heavy (non-hydrogen) atoms. The molecule has 0 amide bonds. The molecule has 0 unspecified atom stereocenters. The van der Waals surface area contributed by atoms with Crippen LogP contribution in [0.1, 0.15) is 12.5 Å². The Bertz CT molecular complexity index is 749. The molecule has 3 rings (SSSR count). The summed E-state index contributed by atoms with van der Waals surface area (Å²) in [7, 11) is 0. The van der Waals surface area contributed by atoms with Gasteiger partial charge < -0.3 is 4.74 Å². The first-order valence-corrected chi connectivity index (χ1v) is 6.99. The second-order valence-corrected chi connectivity index (χ2v) is 4.78. The van der Waals surface area contributed by atoms with Gasteiger partial charge in [0.05, 0.1) is 6.61 Å². The highest BCUT2D eigenvalue weighted by Crippen LogP contribution is 2.24. The van der Waals surface area contributed by atoms with E-state index in [1.807, 2.05) is 49.4 Å². The summed E-state index contributed by atoms with van der Waals surface area (Å²) < 4.78 is 5.51. The summed E-state index contributed by atoms with van der Waals surface area (Å²) >= 11 is 0. The van der Waals surface area contributed by atoms with E-state index in [1.54, 1.807) is 0 Å². The predicted octanol–water partition coefficient (Wildman–Crippen LogP) is 3.85. The third-order valence-corrected chi connectivity index (χ3v) is 3.29. The number of aromatic nitrogens is 3. The zero-order valence-electron chi connectivity index (χ0n) is 12.1. The van der Waals surface area contributed by atoms with Gasteiger partial charge in [0.25, 0.3) is 0 Å². The first kappa shape index (κ1) is 13.4. The predicted molar refractivity (Wildman–Crippen MR) is 83.2 cm³/mol. The first-order valence-electron chi connectivity index (χ1n) is 6.99. The van der Waals surface area contributed by atoms with Crippen molar-refractivity contribution in [3.05, 3.63) is 54.1 Å². The summed E-state index contributed by atoms with van der Waals surface area (Å²) in [5.74, 6) is 2.29. The van der Waals surface area contributed by atoms with E-state index < -0.39 is 0 Å². The highest BCUT2D eigenvalue weighted by Gasteiger charge is 2.09. The van der Waals surface area contributed by atoms with Gasteiger partial charge in [-0.2, -0.15) is 5.10 Å². The molecule has 0 fully saturated rings. The lowest BCUT2D eigenvalue weighted by Gasteiger charge is -2.03. The van der Waals surface area contributed by atoms with E-state index in [1.165, 1.54) is 5.56 Å². The average molecular weight is 279 g/mol. The lowest BCUT2D eigenvalue weighted by Crippen LogP contribution is -1.91. The van der Waals surface area contributed by atoms with Crippen molar-refractivity contribution >= 4 is 0 Å². The number of nitrogens with one attached hydrogen (secondary N) is 1. The summed E-state index contributed by atoms with van der Waals surface area (Å²) in [6.45, 7) is 4.68. The Morgan fingerprint density at radius 3 is 2.76 bits per heavy atom. The van der Waals surface area contributed by atoms with Crippen molar-refractivity contribution in [2.75, 3.05) is 6.61 Å². The second kappa shape index (κ2) is 5.79. The number of H-pyrrole nitrogens is 1. The van der Waals surface area contributed by atoms with Crippen LogP contribution in [0.2, 0.25) is 0 Å². The molecule has 0 aliphatic carbocycles. The molecule has 2 aromatic carbocycles. The van der Waals surface area contributed by atoms with Gasteiger partial charge in [-0.1, -0.05) is 36.4 Å². The van der Waals surface area contributed by atoms with Crippen LogP contribution in [-0.4, -0.2) is 21.8 Å². The summed E-state index contributed by atoms with van der Waals surface area (Å²) in [6, 6.07) is 15.9. The van der Waals surface area contributed by atoms with Crippen LogP contribution < -0.4 is 4.74 Å². The molecule has 0 spiro atoms. The molecule has 0 atom stereocenters. The third-order valence-electron chi connectivity index (χ3n) is 3.29. The molecule has 1 N–H and O–H groups in total. The minimum atomic E-state index is 0.645. The monoisotopic (exact) mass is 279 g/mol. The van der Waals surface area contributed by atoms with Crippen molar-refractivity contribution in [3.8, 4) is 28.5 Å². The van der Waals surface area contributed by atoms with Crippen molar-refractivity contribution in [1.82, 2.24) is 15.2 Å². The van der Waals surface area contributed by atoms with Crippen LogP contribution in [0.5, 0.6) is 5.75 Å². The van der Waals surface area contributed by atoms with Gasteiger partial charge in [0.2, 0.25) is 0 Å². The highest BCUT2D eigenvalue weighted by atomic mass is 16.5. The normalized spacial score (nSPS) is 10.6. The fourth-order valence-electron chi connectivity index (χ4n) is 2.24. The Morgan fingerprint density at radius 2 is 1.95 bits per heavy atom. The van der Waals surface area contributed by atoms with E-state index in [0.29, 0.717) is 12.4 Å². The smallest absolute Gasteiger partial charge is 0.181 e. The van der Waals surface area contributed by atoms with Gasteiger partial charge in [0.15, 0.2) is 11.6 Å². The van der Waals surface area contributed by atoms with Gasteiger partial charge in [0.1, 0.15) is 5.75 Å². The lowest BCUT2D eigenvalue weighted by atomic mass is 10.1. The quantitative estimate of drug-likeness (QED) is 0.789. The van der Waals surface area contributed by atoms with Gasteiger partial charge in [-0.25, -0.2) is 4.98 Å². The van der Waals surface area contributed by atoms with Crippen molar-refractivity contribution in [1.29, 1.82) is 0 Å². The molecular formula is C17H17N3O. The van der Waals surface area contributed by atoms with Crippen LogP contribution in [0.4, 0.5) is 0 Å². The molecule has 1 aromatic heterocycles.